The second-order valence-electron chi connectivity index (χ2n) is 8.37. The molecule has 3 amide bonds. The molecule has 1 aromatic heterocycles. The average molecular weight is 508 g/mol. The number of rotatable bonds is 13. The van der Waals surface area contributed by atoms with Crippen molar-refractivity contribution < 1.29 is 29.4 Å². The quantitative estimate of drug-likeness (QED) is 0.169. The van der Waals surface area contributed by atoms with Gasteiger partial charge in [-0.3, -0.25) is 14.4 Å². The molecule has 0 bridgehead atoms. The van der Waals surface area contributed by atoms with Crippen LogP contribution < -0.4 is 21.7 Å². The van der Waals surface area contributed by atoms with Gasteiger partial charge >= 0.3 is 5.97 Å². The Labute approximate surface area is 208 Å². The first-order valence-electron chi connectivity index (χ1n) is 11.3. The number of aliphatic hydroxyl groups is 1. The Balaban J connectivity index is 2.22. The molecule has 192 valence electrons. The van der Waals surface area contributed by atoms with E-state index in [-0.39, 0.29) is 18.1 Å². The molecule has 0 aliphatic heterocycles. The molecule has 1 aromatic carbocycles. The van der Waals surface area contributed by atoms with Crippen molar-refractivity contribution in [1.29, 1.82) is 0 Å². The summed E-state index contributed by atoms with van der Waals surface area (Å²) in [7, 11) is 0. The smallest absolute Gasteiger partial charge is 0.326 e. The van der Waals surface area contributed by atoms with Crippen LogP contribution in [0.1, 0.15) is 25.8 Å². The number of aromatic nitrogens is 1. The number of carbonyl (C=O) groups excluding carboxylic acids is 3. The molecule has 0 aliphatic rings. The van der Waals surface area contributed by atoms with Crippen LogP contribution in [-0.4, -0.2) is 75.4 Å². The molecule has 0 saturated heterocycles. The lowest BCUT2D eigenvalue weighted by Crippen LogP contribution is -2.59. The molecule has 12 heteroatoms. The highest BCUT2D eigenvalue weighted by Crippen LogP contribution is 2.19. The number of fused-ring (bicyclic) bond motifs is 1. The number of carboxylic acid groups (broad SMARTS) is 1. The Morgan fingerprint density at radius 2 is 1.69 bits per heavy atom. The number of H-pyrrole nitrogens is 1. The van der Waals surface area contributed by atoms with Gasteiger partial charge in [0.2, 0.25) is 17.7 Å². The lowest BCUT2D eigenvalue weighted by molar-refractivity contribution is -0.143. The molecular formula is C23H33N5O6S. The minimum atomic E-state index is -1.23. The number of nitrogens with two attached hydrogens (primary N) is 1. The zero-order valence-electron chi connectivity index (χ0n) is 19.7. The van der Waals surface area contributed by atoms with Crippen molar-refractivity contribution in [3.63, 3.8) is 0 Å². The SMILES string of the molecule is CCC(C)C(NC(=O)C(CS)NC(=O)C(Cc1c[nH]c2ccccc12)NC(=O)C(N)CO)C(=O)O. The topological polar surface area (TPSA) is 187 Å². The van der Waals surface area contributed by atoms with E-state index in [1.54, 1.807) is 20.0 Å². The van der Waals surface area contributed by atoms with E-state index in [4.69, 9.17) is 5.73 Å². The van der Waals surface area contributed by atoms with Crippen LogP contribution in [0, 0.1) is 5.92 Å². The molecule has 0 fully saturated rings. The zero-order chi connectivity index (χ0) is 26.1. The Morgan fingerprint density at radius 3 is 2.29 bits per heavy atom. The summed E-state index contributed by atoms with van der Waals surface area (Å²) < 4.78 is 0. The van der Waals surface area contributed by atoms with E-state index < -0.39 is 54.5 Å². The van der Waals surface area contributed by atoms with E-state index in [0.29, 0.717) is 6.42 Å². The van der Waals surface area contributed by atoms with Crippen molar-refractivity contribution in [2.45, 2.75) is 50.9 Å². The van der Waals surface area contributed by atoms with Gasteiger partial charge in [0.1, 0.15) is 24.2 Å². The fraction of sp³-hybridized carbons (Fsp3) is 0.478. The number of hydrogen-bond donors (Lipinski definition) is 8. The van der Waals surface area contributed by atoms with Crippen molar-refractivity contribution in [3.8, 4) is 0 Å². The van der Waals surface area contributed by atoms with E-state index in [0.717, 1.165) is 16.5 Å². The third-order valence-electron chi connectivity index (χ3n) is 5.86. The summed E-state index contributed by atoms with van der Waals surface area (Å²) in [5, 5.41) is 27.0. The first kappa shape index (κ1) is 28.1. The molecule has 8 N–H and O–H groups in total. The van der Waals surface area contributed by atoms with Crippen molar-refractivity contribution in [2.75, 3.05) is 12.4 Å². The van der Waals surface area contributed by atoms with Gasteiger partial charge in [-0.25, -0.2) is 4.79 Å². The van der Waals surface area contributed by atoms with E-state index in [1.807, 2.05) is 24.3 Å². The van der Waals surface area contributed by atoms with Gasteiger partial charge < -0.3 is 36.9 Å². The third-order valence-corrected chi connectivity index (χ3v) is 6.22. The molecule has 1 heterocycles. The van der Waals surface area contributed by atoms with Crippen molar-refractivity contribution in [1.82, 2.24) is 20.9 Å². The molecule has 2 aromatic rings. The first-order valence-corrected chi connectivity index (χ1v) is 11.9. The normalized spacial score (nSPS) is 15.5. The summed E-state index contributed by atoms with van der Waals surface area (Å²) in [6.45, 7) is 2.89. The molecule has 35 heavy (non-hydrogen) atoms. The van der Waals surface area contributed by atoms with Crippen LogP contribution in [0.5, 0.6) is 0 Å². The van der Waals surface area contributed by atoms with E-state index in [1.165, 1.54) is 0 Å². The van der Waals surface area contributed by atoms with Crippen molar-refractivity contribution in [3.05, 3.63) is 36.0 Å². The number of thiol groups is 1. The Kier molecular flexibility index (Phi) is 10.6. The highest BCUT2D eigenvalue weighted by molar-refractivity contribution is 7.80. The highest BCUT2D eigenvalue weighted by Gasteiger charge is 2.31. The number of carboxylic acids is 1. The lowest BCUT2D eigenvalue weighted by Gasteiger charge is -2.25. The summed E-state index contributed by atoms with van der Waals surface area (Å²) in [4.78, 5) is 52.9. The summed E-state index contributed by atoms with van der Waals surface area (Å²) in [5.74, 6) is -3.74. The fourth-order valence-corrected chi connectivity index (χ4v) is 3.75. The van der Waals surface area contributed by atoms with Gasteiger partial charge in [0.25, 0.3) is 0 Å². The predicted molar refractivity (Wildman–Crippen MR) is 134 cm³/mol. The van der Waals surface area contributed by atoms with Gasteiger partial charge in [-0.15, -0.1) is 0 Å². The average Bonchev–Trinajstić information content (AvgIpc) is 3.26. The van der Waals surface area contributed by atoms with Crippen LogP contribution in [0.2, 0.25) is 0 Å². The number of aromatic amines is 1. The predicted octanol–water partition coefficient (Wildman–Crippen LogP) is -0.455. The van der Waals surface area contributed by atoms with Gasteiger partial charge in [-0.05, 0) is 17.5 Å². The standard InChI is InChI=1S/C23H33N5O6S/c1-3-12(2)19(23(33)34)28-22(32)18(11-35)27-21(31)17(26-20(30)15(24)10-29)8-13-9-25-16-7-5-4-6-14(13)16/h4-7,9,12,15,17-19,25,29,35H,3,8,10-11,24H2,1-2H3,(H,26,30)(H,27,31)(H,28,32)(H,33,34). The number of aliphatic hydroxyl groups excluding tert-OH is 1. The number of nitrogens with one attached hydrogen (secondary N) is 4. The number of benzene rings is 1. The van der Waals surface area contributed by atoms with E-state index in [9.17, 15) is 29.4 Å². The van der Waals surface area contributed by atoms with E-state index in [2.05, 4.69) is 33.6 Å². The Hall–Kier alpha value is -3.09. The van der Waals surface area contributed by atoms with Gasteiger partial charge in [-0.1, -0.05) is 38.5 Å². The van der Waals surface area contributed by atoms with Gasteiger partial charge in [0.15, 0.2) is 0 Å². The number of amides is 3. The molecule has 5 unspecified atom stereocenters. The summed E-state index contributed by atoms with van der Waals surface area (Å²) in [6.07, 6.45) is 2.32. The molecule has 0 radical (unpaired) electrons. The van der Waals surface area contributed by atoms with Crippen LogP contribution in [0.4, 0.5) is 0 Å². The van der Waals surface area contributed by atoms with Crippen LogP contribution in [0.25, 0.3) is 10.9 Å². The number of para-hydroxylation sites is 1. The minimum Gasteiger partial charge on any atom is -0.480 e. The lowest BCUT2D eigenvalue weighted by atomic mass is 9.99. The molecule has 11 nitrogen and oxygen atoms in total. The molecule has 0 saturated carbocycles. The highest BCUT2D eigenvalue weighted by atomic mass is 32.1. The van der Waals surface area contributed by atoms with Crippen molar-refractivity contribution in [2.24, 2.45) is 11.7 Å². The van der Waals surface area contributed by atoms with Crippen LogP contribution in [-0.2, 0) is 25.6 Å². The van der Waals surface area contributed by atoms with Gasteiger partial charge in [-0.2, -0.15) is 12.6 Å². The van der Waals surface area contributed by atoms with E-state index >= 15 is 0 Å². The zero-order valence-corrected chi connectivity index (χ0v) is 20.5. The number of carbonyl (C=O) groups is 4. The first-order chi connectivity index (χ1) is 16.6. The molecule has 0 spiro atoms. The molecule has 5 atom stereocenters. The largest absolute Gasteiger partial charge is 0.480 e. The molecule has 2 rings (SSSR count). The molecule has 0 aliphatic carbocycles. The minimum absolute atomic E-state index is 0.0747. The summed E-state index contributed by atoms with van der Waals surface area (Å²) in [5.41, 5.74) is 7.19. The number of aliphatic carboxylic acids is 1. The third kappa shape index (κ3) is 7.44. The maximum absolute atomic E-state index is 13.2. The van der Waals surface area contributed by atoms with Gasteiger partial charge in [0, 0.05) is 29.3 Å². The Bertz CT molecular complexity index is 1040. The summed E-state index contributed by atoms with van der Waals surface area (Å²) in [6, 6.07) is 2.79. The monoisotopic (exact) mass is 507 g/mol. The second kappa shape index (κ2) is 13.1. The second-order valence-corrected chi connectivity index (χ2v) is 8.73. The van der Waals surface area contributed by atoms with Crippen LogP contribution >= 0.6 is 12.6 Å². The van der Waals surface area contributed by atoms with Crippen LogP contribution in [0.3, 0.4) is 0 Å². The summed E-state index contributed by atoms with van der Waals surface area (Å²) >= 11 is 4.13. The van der Waals surface area contributed by atoms with Gasteiger partial charge in [0.05, 0.1) is 6.61 Å². The maximum Gasteiger partial charge on any atom is 0.326 e. The van der Waals surface area contributed by atoms with Crippen LogP contribution in [0.15, 0.2) is 30.5 Å². The van der Waals surface area contributed by atoms with Crippen molar-refractivity contribution >= 4 is 47.2 Å². The molecular weight excluding hydrogens is 474 g/mol. The fourth-order valence-electron chi connectivity index (χ4n) is 3.49. The maximum atomic E-state index is 13.2. The Morgan fingerprint density at radius 1 is 1.06 bits per heavy atom. The number of hydrogen-bond acceptors (Lipinski definition) is 7.